The maximum atomic E-state index is 12.2. The number of fused-ring (bicyclic) bond motifs is 2. The molecule has 4 N–H and O–H groups in total. The Hall–Kier alpha value is -3.56. The molecular weight excluding hydrogens is 558 g/mol. The first-order chi connectivity index (χ1) is 16.9. The Bertz CT molecular complexity index is 1890. The van der Waals surface area contributed by atoms with E-state index in [-0.39, 0.29) is 63.7 Å². The van der Waals surface area contributed by atoms with Crippen LogP contribution in [0, 0.1) is 0 Å². The fourth-order valence-corrected chi connectivity index (χ4v) is 5.95. The van der Waals surface area contributed by atoms with Gasteiger partial charge in [0, 0.05) is 47.7 Å². The first-order valence-corrected chi connectivity index (χ1v) is 11.3. The van der Waals surface area contributed by atoms with E-state index >= 15 is 0 Å². The van der Waals surface area contributed by atoms with E-state index in [1.54, 1.807) is 0 Å². The maximum Gasteiger partial charge on any atom is 0.337 e. The van der Waals surface area contributed by atoms with Crippen molar-refractivity contribution in [2.75, 3.05) is 0 Å². The van der Waals surface area contributed by atoms with E-state index < -0.39 is 45.6 Å². The van der Waals surface area contributed by atoms with E-state index in [1.807, 2.05) is 0 Å². The predicted molar refractivity (Wildman–Crippen MR) is 136 cm³/mol. The predicted octanol–water partition coefficient (Wildman–Crippen LogP) is 7.14. The van der Waals surface area contributed by atoms with Gasteiger partial charge in [-0.15, -0.1) is 0 Å². The van der Waals surface area contributed by atoms with Crippen LogP contribution in [-0.4, -0.2) is 44.3 Å². The molecule has 5 aromatic rings. The van der Waals surface area contributed by atoms with E-state index in [1.165, 1.54) is 12.1 Å². The van der Waals surface area contributed by atoms with Gasteiger partial charge in [0.25, 0.3) is 0 Å². The van der Waals surface area contributed by atoms with Crippen molar-refractivity contribution < 1.29 is 39.6 Å². The molecule has 5 aromatic carbocycles. The largest absolute Gasteiger partial charge is 0.478 e. The highest BCUT2D eigenvalue weighted by molar-refractivity contribution is 6.56. The number of hydrogen-bond acceptors (Lipinski definition) is 4. The van der Waals surface area contributed by atoms with Crippen molar-refractivity contribution in [1.82, 2.24) is 0 Å². The van der Waals surface area contributed by atoms with Crippen LogP contribution in [0.4, 0.5) is 0 Å². The number of carboxylic acid groups (broad SMARTS) is 4. The molecule has 0 spiro atoms. The molecule has 5 rings (SSSR count). The van der Waals surface area contributed by atoms with Gasteiger partial charge in [-0.1, -0.05) is 52.5 Å². The van der Waals surface area contributed by atoms with E-state index in [0.29, 0.717) is 0 Å². The van der Waals surface area contributed by atoms with Crippen LogP contribution in [0.3, 0.4) is 0 Å². The van der Waals surface area contributed by atoms with Gasteiger partial charge >= 0.3 is 23.9 Å². The highest BCUT2D eigenvalue weighted by Gasteiger charge is 2.31. The lowest BCUT2D eigenvalue weighted by Crippen LogP contribution is -2.08. The number of hydrogen-bond donors (Lipinski definition) is 4. The summed E-state index contributed by atoms with van der Waals surface area (Å²) in [6.07, 6.45) is 0. The standard InChI is InChI=1S/C24H8Cl4O8/c25-9-3-7(22(31)32)11-6(21(29)30)2-1-5-12(11)15(9)16-10(26)4-8(23(33)34)13-17(16)14(5)19(27)20(28)18(13)24(35)36/h1-4H,(H,29,30)(H,31,32)(H,33,34)(H,35,36). The van der Waals surface area contributed by atoms with Crippen molar-refractivity contribution in [1.29, 1.82) is 0 Å². The zero-order valence-corrected chi connectivity index (χ0v) is 20.3. The van der Waals surface area contributed by atoms with Crippen molar-refractivity contribution in [3.8, 4) is 0 Å². The number of carboxylic acids is 4. The fraction of sp³-hybridized carbons (Fsp3) is 0. The lowest BCUT2D eigenvalue weighted by atomic mass is 9.84. The quantitative estimate of drug-likeness (QED) is 0.132. The highest BCUT2D eigenvalue weighted by Crippen LogP contribution is 2.52. The van der Waals surface area contributed by atoms with E-state index in [0.717, 1.165) is 12.1 Å². The van der Waals surface area contributed by atoms with Crippen molar-refractivity contribution in [3.05, 3.63) is 66.6 Å². The molecule has 36 heavy (non-hydrogen) atoms. The molecule has 0 amide bonds. The molecule has 0 saturated carbocycles. The zero-order valence-electron chi connectivity index (χ0n) is 17.2. The molecule has 0 unspecified atom stereocenters. The second-order valence-corrected chi connectivity index (χ2v) is 9.39. The molecular formula is C24H8Cl4O8. The average molecular weight is 566 g/mol. The lowest BCUT2D eigenvalue weighted by molar-refractivity contribution is 0.0681. The summed E-state index contributed by atoms with van der Waals surface area (Å²) in [5.74, 6) is -5.89. The number of benzene rings is 5. The van der Waals surface area contributed by atoms with Crippen LogP contribution in [-0.2, 0) is 0 Å². The minimum atomic E-state index is -1.55. The lowest BCUT2D eigenvalue weighted by Gasteiger charge is -2.22. The van der Waals surface area contributed by atoms with Crippen LogP contribution in [0.15, 0.2) is 24.3 Å². The molecule has 0 atom stereocenters. The first-order valence-electron chi connectivity index (χ1n) is 9.78. The van der Waals surface area contributed by atoms with Gasteiger partial charge in [0.05, 0.1) is 32.3 Å². The molecule has 0 radical (unpaired) electrons. The van der Waals surface area contributed by atoms with Crippen LogP contribution in [0.5, 0.6) is 0 Å². The highest BCUT2D eigenvalue weighted by atomic mass is 35.5. The van der Waals surface area contributed by atoms with Crippen molar-refractivity contribution >= 4 is 113 Å². The number of halogens is 4. The van der Waals surface area contributed by atoms with Crippen LogP contribution in [0.2, 0.25) is 20.1 Å². The molecule has 0 aliphatic rings. The summed E-state index contributed by atoms with van der Waals surface area (Å²) in [6.45, 7) is 0. The van der Waals surface area contributed by atoms with Gasteiger partial charge in [0.2, 0.25) is 0 Å². The third kappa shape index (κ3) is 3.02. The second kappa shape index (κ2) is 7.97. The Kier molecular flexibility index (Phi) is 5.35. The number of carbonyl (C=O) groups is 4. The van der Waals surface area contributed by atoms with Crippen LogP contribution >= 0.6 is 46.4 Å². The van der Waals surface area contributed by atoms with E-state index in [2.05, 4.69) is 0 Å². The summed E-state index contributed by atoms with van der Waals surface area (Å²) in [7, 11) is 0. The Morgan fingerprint density at radius 3 is 1.50 bits per heavy atom. The second-order valence-electron chi connectivity index (χ2n) is 7.82. The van der Waals surface area contributed by atoms with E-state index in [9.17, 15) is 39.6 Å². The van der Waals surface area contributed by atoms with Crippen molar-refractivity contribution in [3.63, 3.8) is 0 Å². The van der Waals surface area contributed by atoms with Gasteiger partial charge in [0.15, 0.2) is 0 Å². The van der Waals surface area contributed by atoms with Gasteiger partial charge in [-0.3, -0.25) is 0 Å². The molecule has 0 fully saturated rings. The van der Waals surface area contributed by atoms with Gasteiger partial charge in [-0.05, 0) is 23.6 Å². The van der Waals surface area contributed by atoms with Gasteiger partial charge in [0.1, 0.15) is 0 Å². The summed E-state index contributed by atoms with van der Waals surface area (Å²) in [6, 6.07) is 4.60. The Morgan fingerprint density at radius 1 is 0.500 bits per heavy atom. The SMILES string of the molecule is O=C(O)c1ccc2c3c(Cl)c(Cl)c(C(=O)O)c4c(C(=O)O)cc(Cl)c(c5c(Cl)cc(C(=O)O)c1c25)c43. The fourth-order valence-electron chi connectivity index (χ4n) is 4.80. The minimum Gasteiger partial charge on any atom is -0.478 e. The summed E-state index contributed by atoms with van der Waals surface area (Å²) < 4.78 is 0. The zero-order chi connectivity index (χ0) is 26.4. The molecule has 0 saturated heterocycles. The van der Waals surface area contributed by atoms with Gasteiger partial charge < -0.3 is 20.4 Å². The van der Waals surface area contributed by atoms with Crippen LogP contribution in [0.25, 0.3) is 43.1 Å². The Labute approximate surface area is 219 Å². The topological polar surface area (TPSA) is 149 Å². The molecule has 8 nitrogen and oxygen atoms in total. The normalized spacial score (nSPS) is 11.7. The monoisotopic (exact) mass is 564 g/mol. The molecule has 0 heterocycles. The van der Waals surface area contributed by atoms with Gasteiger partial charge in [-0.25, -0.2) is 19.2 Å². The number of aromatic carboxylic acids is 4. The molecule has 0 aliphatic carbocycles. The summed E-state index contributed by atoms with van der Waals surface area (Å²) in [4.78, 5) is 48.4. The summed E-state index contributed by atoms with van der Waals surface area (Å²) >= 11 is 26.0. The Morgan fingerprint density at radius 2 is 1.00 bits per heavy atom. The third-order valence-electron chi connectivity index (χ3n) is 6.07. The first kappa shape index (κ1) is 24.1. The molecule has 0 aliphatic heterocycles. The van der Waals surface area contributed by atoms with E-state index in [4.69, 9.17) is 46.4 Å². The Balaban J connectivity index is 2.32. The summed E-state index contributed by atoms with van der Waals surface area (Å²) in [5.41, 5.74) is -1.78. The van der Waals surface area contributed by atoms with Crippen molar-refractivity contribution in [2.24, 2.45) is 0 Å². The van der Waals surface area contributed by atoms with Crippen molar-refractivity contribution in [2.45, 2.75) is 0 Å². The molecule has 12 heteroatoms. The smallest absolute Gasteiger partial charge is 0.337 e. The van der Waals surface area contributed by atoms with Gasteiger partial charge in [-0.2, -0.15) is 0 Å². The van der Waals surface area contributed by atoms with Crippen LogP contribution in [0.1, 0.15) is 41.4 Å². The maximum absolute atomic E-state index is 12.2. The third-order valence-corrected chi connectivity index (χ3v) is 7.52. The number of rotatable bonds is 4. The molecule has 0 aromatic heterocycles. The molecule has 180 valence electrons. The average Bonchev–Trinajstić information content (AvgIpc) is 2.79. The van der Waals surface area contributed by atoms with Crippen LogP contribution < -0.4 is 0 Å². The molecule has 0 bridgehead atoms. The minimum absolute atomic E-state index is 0.0218. The summed E-state index contributed by atoms with van der Waals surface area (Å²) in [5, 5.41) is 38.4.